The third-order valence-electron chi connectivity index (χ3n) is 5.16. The highest BCUT2D eigenvalue weighted by molar-refractivity contribution is 7.91. The van der Waals surface area contributed by atoms with Gasteiger partial charge in [-0.05, 0) is 69.4 Å². The van der Waals surface area contributed by atoms with Gasteiger partial charge in [0.1, 0.15) is 5.75 Å². The van der Waals surface area contributed by atoms with E-state index in [0.717, 1.165) is 15.8 Å². The Bertz CT molecular complexity index is 1220. The summed E-state index contributed by atoms with van der Waals surface area (Å²) in [5, 5.41) is 1.23. The number of halogens is 1. The number of hydrogen-bond donors (Lipinski definition) is 0. The van der Waals surface area contributed by atoms with E-state index in [1.54, 1.807) is 17.0 Å². The lowest BCUT2D eigenvalue weighted by Gasteiger charge is -2.22. The van der Waals surface area contributed by atoms with Crippen LogP contribution < -0.4 is 9.64 Å². The van der Waals surface area contributed by atoms with Crippen LogP contribution in [0.3, 0.4) is 0 Å². The monoisotopic (exact) mass is 509 g/mol. The first-order valence-electron chi connectivity index (χ1n) is 10.5. The van der Waals surface area contributed by atoms with E-state index in [1.807, 2.05) is 38.1 Å². The van der Waals surface area contributed by atoms with E-state index in [-0.39, 0.29) is 29.4 Å². The zero-order valence-corrected chi connectivity index (χ0v) is 21.6. The standard InChI is InChI=1S/C23H28ClN3O4S2/c1-16-14-17(24)15-20-22(16)25-23(32-20)27(12-11-26(2)3)21(28)6-5-13-33(29,30)19-9-7-18(31-4)8-10-19/h7-10,14-15H,5-6,11-13H2,1-4H3. The van der Waals surface area contributed by atoms with E-state index >= 15 is 0 Å². The summed E-state index contributed by atoms with van der Waals surface area (Å²) in [4.78, 5) is 21.7. The molecule has 0 aliphatic heterocycles. The highest BCUT2D eigenvalue weighted by Crippen LogP contribution is 2.33. The SMILES string of the molecule is COc1ccc(S(=O)(=O)CCCC(=O)N(CCN(C)C)c2nc3c(C)cc(Cl)cc3s2)cc1. The lowest BCUT2D eigenvalue weighted by atomic mass is 10.2. The van der Waals surface area contributed by atoms with Gasteiger partial charge in [-0.3, -0.25) is 9.69 Å². The second-order valence-corrected chi connectivity index (χ2v) is 11.6. The average molecular weight is 510 g/mol. The minimum Gasteiger partial charge on any atom is -0.497 e. The van der Waals surface area contributed by atoms with Crippen LogP contribution in [0.25, 0.3) is 10.2 Å². The first-order chi connectivity index (χ1) is 15.6. The fourth-order valence-corrected chi connectivity index (χ4v) is 6.11. The molecule has 10 heteroatoms. The van der Waals surface area contributed by atoms with Gasteiger partial charge in [-0.2, -0.15) is 0 Å². The molecule has 33 heavy (non-hydrogen) atoms. The number of hydrogen-bond acceptors (Lipinski definition) is 7. The Labute approximate surface area is 203 Å². The largest absolute Gasteiger partial charge is 0.497 e. The molecule has 0 aliphatic carbocycles. The first-order valence-corrected chi connectivity index (χ1v) is 13.3. The van der Waals surface area contributed by atoms with Gasteiger partial charge in [-0.15, -0.1) is 0 Å². The molecular weight excluding hydrogens is 482 g/mol. The summed E-state index contributed by atoms with van der Waals surface area (Å²) < 4.78 is 31.3. The van der Waals surface area contributed by atoms with Gasteiger partial charge in [0.15, 0.2) is 15.0 Å². The number of fused-ring (bicyclic) bond motifs is 1. The molecule has 3 aromatic rings. The van der Waals surface area contributed by atoms with Crippen molar-refractivity contribution in [3.05, 3.63) is 47.0 Å². The second kappa shape index (κ2) is 10.8. The number of benzene rings is 2. The maximum atomic E-state index is 13.1. The molecule has 178 valence electrons. The normalized spacial score (nSPS) is 11.8. The Morgan fingerprint density at radius 3 is 2.48 bits per heavy atom. The van der Waals surface area contributed by atoms with Crippen LogP contribution in [0.1, 0.15) is 18.4 Å². The fraction of sp³-hybridized carbons (Fsp3) is 0.391. The van der Waals surface area contributed by atoms with Crippen LogP contribution in [0.4, 0.5) is 5.13 Å². The minimum absolute atomic E-state index is 0.110. The quantitative estimate of drug-likeness (QED) is 0.402. The van der Waals surface area contributed by atoms with Gasteiger partial charge in [0.2, 0.25) is 5.91 Å². The predicted molar refractivity (Wildman–Crippen MR) is 135 cm³/mol. The number of anilines is 1. The molecule has 1 aromatic heterocycles. The van der Waals surface area contributed by atoms with E-state index in [9.17, 15) is 13.2 Å². The number of likely N-dealkylation sites (N-methyl/N-ethyl adjacent to an activating group) is 1. The van der Waals surface area contributed by atoms with Crippen LogP contribution in [-0.2, 0) is 14.6 Å². The molecule has 0 aliphatic rings. The zero-order valence-electron chi connectivity index (χ0n) is 19.2. The van der Waals surface area contributed by atoms with Crippen molar-refractivity contribution >= 4 is 54.0 Å². The molecule has 0 fully saturated rings. The van der Waals surface area contributed by atoms with Crippen molar-refractivity contribution in [1.29, 1.82) is 0 Å². The summed E-state index contributed by atoms with van der Waals surface area (Å²) >= 11 is 7.60. The number of carbonyl (C=O) groups excluding carboxylic acids is 1. The van der Waals surface area contributed by atoms with Gasteiger partial charge in [-0.1, -0.05) is 22.9 Å². The van der Waals surface area contributed by atoms with Crippen LogP contribution in [0.5, 0.6) is 5.75 Å². The summed E-state index contributed by atoms with van der Waals surface area (Å²) in [6, 6.07) is 9.97. The number of methoxy groups -OCH3 is 1. The molecule has 1 heterocycles. The van der Waals surface area contributed by atoms with Crippen molar-refractivity contribution in [3.63, 3.8) is 0 Å². The molecule has 0 saturated carbocycles. The predicted octanol–water partition coefficient (Wildman–Crippen LogP) is 4.42. The van der Waals surface area contributed by atoms with Crippen LogP contribution in [0, 0.1) is 6.92 Å². The number of aromatic nitrogens is 1. The van der Waals surface area contributed by atoms with Crippen molar-refractivity contribution in [2.45, 2.75) is 24.7 Å². The molecule has 0 spiro atoms. The molecule has 0 unspecified atom stereocenters. The smallest absolute Gasteiger partial charge is 0.228 e. The number of aryl methyl sites for hydroxylation is 1. The van der Waals surface area contributed by atoms with E-state index in [0.29, 0.717) is 29.0 Å². The number of carbonyl (C=O) groups is 1. The van der Waals surface area contributed by atoms with E-state index < -0.39 is 9.84 Å². The molecule has 0 N–H and O–H groups in total. The van der Waals surface area contributed by atoms with Crippen molar-refractivity contribution in [2.75, 3.05) is 44.9 Å². The fourth-order valence-electron chi connectivity index (χ4n) is 3.33. The van der Waals surface area contributed by atoms with Crippen LogP contribution >= 0.6 is 22.9 Å². The second-order valence-electron chi connectivity index (χ2n) is 8.01. The number of sulfone groups is 1. The molecular formula is C23H28ClN3O4S2. The van der Waals surface area contributed by atoms with Crippen molar-refractivity contribution in [1.82, 2.24) is 9.88 Å². The average Bonchev–Trinajstić information content (AvgIpc) is 3.17. The Morgan fingerprint density at radius 2 is 1.85 bits per heavy atom. The van der Waals surface area contributed by atoms with Gasteiger partial charge in [0, 0.05) is 24.5 Å². The molecule has 1 amide bonds. The van der Waals surface area contributed by atoms with Crippen molar-refractivity contribution in [3.8, 4) is 5.75 Å². The maximum absolute atomic E-state index is 13.1. The zero-order chi connectivity index (χ0) is 24.2. The Balaban J connectivity index is 1.73. The molecule has 7 nitrogen and oxygen atoms in total. The van der Waals surface area contributed by atoms with Gasteiger partial charge in [-0.25, -0.2) is 13.4 Å². The number of nitrogens with zero attached hydrogens (tertiary/aromatic N) is 3. The molecule has 0 radical (unpaired) electrons. The van der Waals surface area contributed by atoms with E-state index in [4.69, 9.17) is 16.3 Å². The number of thiazole rings is 1. The highest BCUT2D eigenvalue weighted by atomic mass is 35.5. The minimum atomic E-state index is -3.49. The first kappa shape index (κ1) is 25.4. The molecule has 0 saturated heterocycles. The topological polar surface area (TPSA) is 79.8 Å². The molecule has 2 aromatic carbocycles. The molecule has 0 bridgehead atoms. The van der Waals surface area contributed by atoms with Crippen molar-refractivity contribution in [2.24, 2.45) is 0 Å². The third kappa shape index (κ3) is 6.44. The Morgan fingerprint density at radius 1 is 1.15 bits per heavy atom. The summed E-state index contributed by atoms with van der Waals surface area (Å²) in [5.41, 5.74) is 1.77. The molecule has 0 atom stereocenters. The van der Waals surface area contributed by atoms with Crippen LogP contribution in [0.2, 0.25) is 5.02 Å². The lowest BCUT2D eigenvalue weighted by Crippen LogP contribution is -2.36. The summed E-state index contributed by atoms with van der Waals surface area (Å²) in [6.07, 6.45) is 0.333. The van der Waals surface area contributed by atoms with E-state index in [1.165, 1.54) is 30.6 Å². The highest BCUT2D eigenvalue weighted by Gasteiger charge is 2.22. The Hall–Kier alpha value is -2.20. The van der Waals surface area contributed by atoms with Gasteiger partial charge >= 0.3 is 0 Å². The van der Waals surface area contributed by atoms with Gasteiger partial charge in [0.25, 0.3) is 0 Å². The Kier molecular flexibility index (Phi) is 8.33. The van der Waals surface area contributed by atoms with Gasteiger partial charge in [0.05, 0.1) is 28.0 Å². The molecule has 3 rings (SSSR count). The lowest BCUT2D eigenvalue weighted by molar-refractivity contribution is -0.118. The summed E-state index contributed by atoms with van der Waals surface area (Å²) in [7, 11) is 1.91. The van der Waals surface area contributed by atoms with E-state index in [2.05, 4.69) is 4.98 Å². The van der Waals surface area contributed by atoms with Crippen LogP contribution in [0.15, 0.2) is 41.3 Å². The maximum Gasteiger partial charge on any atom is 0.228 e. The number of ether oxygens (including phenoxy) is 1. The summed E-state index contributed by atoms with van der Waals surface area (Å²) in [5.74, 6) is 0.332. The number of amides is 1. The third-order valence-corrected chi connectivity index (χ3v) is 8.22. The van der Waals surface area contributed by atoms with Gasteiger partial charge < -0.3 is 9.64 Å². The summed E-state index contributed by atoms with van der Waals surface area (Å²) in [6.45, 7) is 3.06. The number of rotatable bonds is 10. The van der Waals surface area contributed by atoms with Crippen LogP contribution in [-0.4, -0.2) is 64.3 Å². The van der Waals surface area contributed by atoms with Crippen molar-refractivity contribution < 1.29 is 17.9 Å².